The minimum absolute atomic E-state index is 0. The van der Waals surface area contributed by atoms with Crippen LogP contribution in [0, 0.1) is 6.92 Å². The van der Waals surface area contributed by atoms with Crippen LogP contribution in [0.1, 0.15) is 29.2 Å². The third kappa shape index (κ3) is 7.57. The molecule has 1 atom stereocenters. The fourth-order valence-corrected chi connectivity index (χ4v) is 3.68. The lowest BCUT2D eigenvalue weighted by molar-refractivity contribution is 0.310. The number of nitrogens with zero attached hydrogens (tertiary/aromatic N) is 1. The summed E-state index contributed by atoms with van der Waals surface area (Å²) in [4.78, 5) is 7.05. The van der Waals surface area contributed by atoms with Crippen molar-refractivity contribution in [1.82, 2.24) is 10.6 Å². The van der Waals surface area contributed by atoms with E-state index in [1.807, 2.05) is 36.5 Å². The first-order valence-corrected chi connectivity index (χ1v) is 9.69. The molecule has 0 fully saturated rings. The minimum Gasteiger partial charge on any atom is -0.493 e. The van der Waals surface area contributed by atoms with Crippen molar-refractivity contribution in [2.45, 2.75) is 39.8 Å². The maximum Gasteiger partial charge on any atom is 0.191 e. The quantitative estimate of drug-likeness (QED) is 0.319. The van der Waals surface area contributed by atoms with E-state index in [4.69, 9.17) is 9.47 Å². The molecule has 2 rings (SSSR count). The highest BCUT2D eigenvalue weighted by atomic mass is 127. The zero-order chi connectivity index (χ0) is 18.9. The lowest BCUT2D eigenvalue weighted by Crippen LogP contribution is -2.42. The van der Waals surface area contributed by atoms with Gasteiger partial charge in [0.25, 0.3) is 0 Å². The zero-order valence-corrected chi connectivity index (χ0v) is 19.8. The second kappa shape index (κ2) is 12.1. The van der Waals surface area contributed by atoms with Crippen LogP contribution in [0.2, 0.25) is 0 Å². The first kappa shape index (κ1) is 23.6. The second-order valence-electron chi connectivity index (χ2n) is 6.11. The second-order valence-corrected chi connectivity index (χ2v) is 7.48. The van der Waals surface area contributed by atoms with Crippen LogP contribution in [-0.2, 0) is 13.0 Å². The van der Waals surface area contributed by atoms with E-state index >= 15 is 0 Å². The Morgan fingerprint density at radius 2 is 2.00 bits per heavy atom. The summed E-state index contributed by atoms with van der Waals surface area (Å²) in [5.74, 6) is 2.30. The van der Waals surface area contributed by atoms with E-state index in [0.717, 1.165) is 29.4 Å². The number of methoxy groups -OCH3 is 1. The third-order valence-electron chi connectivity index (χ3n) is 3.90. The molecule has 0 saturated heterocycles. The number of thiophene rings is 1. The lowest BCUT2D eigenvalue weighted by atomic mass is 10.2. The van der Waals surface area contributed by atoms with Gasteiger partial charge < -0.3 is 20.1 Å². The Morgan fingerprint density at radius 3 is 2.59 bits per heavy atom. The minimum atomic E-state index is 0. The van der Waals surface area contributed by atoms with E-state index in [0.29, 0.717) is 19.2 Å². The Balaban J connectivity index is 0.00000364. The molecule has 0 saturated carbocycles. The van der Waals surface area contributed by atoms with Gasteiger partial charge in [0.2, 0.25) is 0 Å². The van der Waals surface area contributed by atoms with E-state index < -0.39 is 0 Å². The van der Waals surface area contributed by atoms with Gasteiger partial charge in [0.1, 0.15) is 0 Å². The molecule has 2 N–H and O–H groups in total. The molecule has 1 aromatic heterocycles. The summed E-state index contributed by atoms with van der Waals surface area (Å²) >= 11 is 1.84. The average molecular weight is 503 g/mol. The molecule has 2 aromatic rings. The van der Waals surface area contributed by atoms with Gasteiger partial charge in [-0.1, -0.05) is 6.07 Å². The van der Waals surface area contributed by atoms with Crippen LogP contribution in [0.3, 0.4) is 0 Å². The van der Waals surface area contributed by atoms with Gasteiger partial charge in [-0.3, -0.25) is 4.99 Å². The molecule has 1 aromatic carbocycles. The molecule has 0 aliphatic rings. The maximum absolute atomic E-state index is 5.56. The van der Waals surface area contributed by atoms with Crippen molar-refractivity contribution >= 4 is 41.3 Å². The number of benzene rings is 1. The molecule has 0 aliphatic carbocycles. The first-order valence-electron chi connectivity index (χ1n) is 8.87. The number of halogens is 1. The van der Waals surface area contributed by atoms with Crippen LogP contribution < -0.4 is 20.1 Å². The van der Waals surface area contributed by atoms with Crippen molar-refractivity contribution in [2.24, 2.45) is 4.99 Å². The Labute approximate surface area is 183 Å². The van der Waals surface area contributed by atoms with Gasteiger partial charge >= 0.3 is 0 Å². The maximum atomic E-state index is 5.56. The molecule has 0 amide bonds. The smallest absolute Gasteiger partial charge is 0.191 e. The van der Waals surface area contributed by atoms with Crippen LogP contribution in [0.25, 0.3) is 0 Å². The molecule has 0 radical (unpaired) electrons. The van der Waals surface area contributed by atoms with Crippen LogP contribution in [-0.4, -0.2) is 32.8 Å². The number of aliphatic imine (C=N–C) groups is 1. The summed E-state index contributed by atoms with van der Waals surface area (Å²) in [5.41, 5.74) is 1.11. The predicted molar refractivity (Wildman–Crippen MR) is 125 cm³/mol. The third-order valence-corrected chi connectivity index (χ3v) is 4.92. The molecule has 0 bridgehead atoms. The van der Waals surface area contributed by atoms with Gasteiger partial charge in [-0.25, -0.2) is 0 Å². The van der Waals surface area contributed by atoms with Gasteiger partial charge in [-0.2, -0.15) is 0 Å². The normalized spacial score (nSPS) is 12.1. The summed E-state index contributed by atoms with van der Waals surface area (Å²) in [5, 5.41) is 6.80. The van der Waals surface area contributed by atoms with E-state index in [9.17, 15) is 0 Å². The Hall–Kier alpha value is -1.48. The summed E-state index contributed by atoms with van der Waals surface area (Å²) < 4.78 is 11.0. The molecule has 27 heavy (non-hydrogen) atoms. The van der Waals surface area contributed by atoms with Crippen LogP contribution in [0.4, 0.5) is 0 Å². The summed E-state index contributed by atoms with van der Waals surface area (Å²) in [6, 6.07) is 10.6. The van der Waals surface area contributed by atoms with Crippen molar-refractivity contribution in [3.05, 3.63) is 45.6 Å². The molecule has 0 aliphatic heterocycles. The van der Waals surface area contributed by atoms with E-state index in [2.05, 4.69) is 41.6 Å². The Kier molecular flexibility index (Phi) is 10.5. The topological polar surface area (TPSA) is 54.9 Å². The fourth-order valence-electron chi connectivity index (χ4n) is 2.66. The lowest BCUT2D eigenvalue weighted by Gasteiger charge is -2.18. The van der Waals surface area contributed by atoms with Crippen LogP contribution >= 0.6 is 35.3 Å². The largest absolute Gasteiger partial charge is 0.493 e. The fraction of sp³-hybridized carbons (Fsp3) is 0.450. The van der Waals surface area contributed by atoms with Gasteiger partial charge in [0, 0.05) is 35.8 Å². The highest BCUT2D eigenvalue weighted by Crippen LogP contribution is 2.27. The van der Waals surface area contributed by atoms with Crippen molar-refractivity contribution in [3.8, 4) is 11.5 Å². The Bertz CT molecular complexity index is 734. The van der Waals surface area contributed by atoms with E-state index in [-0.39, 0.29) is 24.0 Å². The van der Waals surface area contributed by atoms with Crippen molar-refractivity contribution < 1.29 is 9.47 Å². The standard InChI is InChI=1S/C20H29N3O2S.HI/c1-6-25-18-10-8-16(12-19(18)24-5)13-22-20(21-4)23-14(2)11-17-9-7-15(3)26-17;/h7-10,12,14H,6,11,13H2,1-5H3,(H2,21,22,23);1H. The molecule has 0 spiro atoms. The molecule has 1 unspecified atom stereocenters. The van der Waals surface area contributed by atoms with E-state index in [1.165, 1.54) is 9.75 Å². The molecule has 1 heterocycles. The van der Waals surface area contributed by atoms with Crippen LogP contribution in [0.15, 0.2) is 35.3 Å². The zero-order valence-electron chi connectivity index (χ0n) is 16.7. The van der Waals surface area contributed by atoms with Gasteiger partial charge in [-0.05, 0) is 50.6 Å². The highest BCUT2D eigenvalue weighted by Gasteiger charge is 2.09. The number of guanidine groups is 1. The number of hydrogen-bond acceptors (Lipinski definition) is 4. The molecular formula is C20H30IN3O2S. The van der Waals surface area contributed by atoms with Crippen molar-refractivity contribution in [1.29, 1.82) is 0 Å². The molecular weight excluding hydrogens is 473 g/mol. The number of ether oxygens (including phenoxy) is 2. The Morgan fingerprint density at radius 1 is 1.22 bits per heavy atom. The predicted octanol–water partition coefficient (Wildman–Crippen LogP) is 4.38. The monoisotopic (exact) mass is 503 g/mol. The number of rotatable bonds is 8. The summed E-state index contributed by atoms with van der Waals surface area (Å²) in [7, 11) is 3.44. The molecule has 7 heteroatoms. The molecule has 5 nitrogen and oxygen atoms in total. The number of hydrogen-bond donors (Lipinski definition) is 2. The average Bonchev–Trinajstić information content (AvgIpc) is 3.04. The summed E-state index contributed by atoms with van der Waals surface area (Å²) in [6.45, 7) is 7.54. The van der Waals surface area contributed by atoms with Gasteiger partial charge in [0.05, 0.1) is 13.7 Å². The van der Waals surface area contributed by atoms with Crippen molar-refractivity contribution in [2.75, 3.05) is 20.8 Å². The van der Waals surface area contributed by atoms with E-state index in [1.54, 1.807) is 14.2 Å². The number of nitrogens with one attached hydrogen (secondary N) is 2. The SMILES string of the molecule is CCOc1ccc(CNC(=NC)NC(C)Cc2ccc(C)s2)cc1OC.I. The van der Waals surface area contributed by atoms with Gasteiger partial charge in [-0.15, -0.1) is 35.3 Å². The highest BCUT2D eigenvalue weighted by molar-refractivity contribution is 14.0. The summed E-state index contributed by atoms with van der Waals surface area (Å²) in [6.07, 6.45) is 0.982. The van der Waals surface area contributed by atoms with Gasteiger partial charge in [0.15, 0.2) is 17.5 Å². The van der Waals surface area contributed by atoms with Crippen molar-refractivity contribution in [3.63, 3.8) is 0 Å². The van der Waals surface area contributed by atoms with Crippen LogP contribution in [0.5, 0.6) is 11.5 Å². The molecule has 150 valence electrons. The first-order chi connectivity index (χ1) is 12.5. The number of aryl methyl sites for hydroxylation is 1.